The highest BCUT2D eigenvalue weighted by Gasteiger charge is 2.44. The molecular formula is C25H32N4O3. The van der Waals surface area contributed by atoms with E-state index < -0.39 is 5.41 Å². The molecule has 7 heteroatoms. The molecule has 0 saturated carbocycles. The first-order valence-electron chi connectivity index (χ1n) is 11.4. The van der Waals surface area contributed by atoms with Gasteiger partial charge in [-0.1, -0.05) is 28.9 Å². The summed E-state index contributed by atoms with van der Waals surface area (Å²) in [5.74, 6) is 0.596. The van der Waals surface area contributed by atoms with Gasteiger partial charge in [0, 0.05) is 37.3 Å². The van der Waals surface area contributed by atoms with Crippen LogP contribution in [0.25, 0.3) is 11.3 Å². The number of aryl methyl sites for hydroxylation is 2. The molecule has 170 valence electrons. The second kappa shape index (κ2) is 9.69. The highest BCUT2D eigenvalue weighted by Crippen LogP contribution is 2.38. The van der Waals surface area contributed by atoms with E-state index in [2.05, 4.69) is 45.6 Å². The molecule has 32 heavy (non-hydrogen) atoms. The molecule has 0 bridgehead atoms. The Bertz CT molecular complexity index is 1050. The van der Waals surface area contributed by atoms with Gasteiger partial charge in [-0.15, -0.1) is 0 Å². The minimum atomic E-state index is -0.582. The number of benzene rings is 1. The number of imidazole rings is 1. The van der Waals surface area contributed by atoms with Crippen LogP contribution in [0.5, 0.6) is 0 Å². The monoisotopic (exact) mass is 436 g/mol. The van der Waals surface area contributed by atoms with Crippen molar-refractivity contribution in [3.8, 4) is 11.3 Å². The van der Waals surface area contributed by atoms with Gasteiger partial charge in [0.05, 0.1) is 24.0 Å². The van der Waals surface area contributed by atoms with Gasteiger partial charge in [0.2, 0.25) is 0 Å². The summed E-state index contributed by atoms with van der Waals surface area (Å²) in [6, 6.07) is 10.1. The Morgan fingerprint density at radius 1 is 1.22 bits per heavy atom. The van der Waals surface area contributed by atoms with Crippen LogP contribution in [-0.4, -0.2) is 45.3 Å². The van der Waals surface area contributed by atoms with E-state index in [0.29, 0.717) is 13.0 Å². The van der Waals surface area contributed by atoms with E-state index in [-0.39, 0.29) is 5.97 Å². The van der Waals surface area contributed by atoms with E-state index >= 15 is 0 Å². The summed E-state index contributed by atoms with van der Waals surface area (Å²) >= 11 is 0. The topological polar surface area (TPSA) is 73.4 Å². The normalized spacial score (nSPS) is 16.2. The van der Waals surface area contributed by atoms with Crippen LogP contribution in [0.1, 0.15) is 43.7 Å². The number of hydrogen-bond donors (Lipinski definition) is 0. The van der Waals surface area contributed by atoms with Crippen molar-refractivity contribution < 1.29 is 14.1 Å². The van der Waals surface area contributed by atoms with Gasteiger partial charge in [0.25, 0.3) is 0 Å². The number of carbonyl (C=O) groups excluding carboxylic acids is 1. The summed E-state index contributed by atoms with van der Waals surface area (Å²) in [6.45, 7) is 9.81. The number of esters is 1. The Labute approximate surface area is 189 Å². The van der Waals surface area contributed by atoms with Crippen LogP contribution in [0.2, 0.25) is 0 Å². The van der Waals surface area contributed by atoms with Crippen molar-refractivity contribution in [3.05, 3.63) is 59.9 Å². The summed E-state index contributed by atoms with van der Waals surface area (Å²) in [4.78, 5) is 19.7. The average Bonchev–Trinajstić information content (AvgIpc) is 3.44. The third-order valence-electron chi connectivity index (χ3n) is 6.43. The first-order chi connectivity index (χ1) is 15.5. The van der Waals surface area contributed by atoms with Crippen LogP contribution >= 0.6 is 0 Å². The fraction of sp³-hybridized carbons (Fsp3) is 0.480. The van der Waals surface area contributed by atoms with Crippen molar-refractivity contribution in [2.75, 3.05) is 19.7 Å². The third-order valence-corrected chi connectivity index (χ3v) is 6.43. The Morgan fingerprint density at radius 3 is 2.75 bits per heavy atom. The van der Waals surface area contributed by atoms with Gasteiger partial charge in [0.15, 0.2) is 0 Å². The van der Waals surface area contributed by atoms with E-state index in [4.69, 9.17) is 9.26 Å². The maximum atomic E-state index is 13.1. The molecule has 0 aliphatic carbocycles. The lowest BCUT2D eigenvalue weighted by Crippen LogP contribution is -2.46. The molecule has 4 rings (SSSR count). The fourth-order valence-corrected chi connectivity index (χ4v) is 4.54. The van der Waals surface area contributed by atoms with Gasteiger partial charge in [-0.25, -0.2) is 4.98 Å². The summed E-state index contributed by atoms with van der Waals surface area (Å²) in [5, 5.41) is 4.27. The van der Waals surface area contributed by atoms with Crippen LogP contribution in [-0.2, 0) is 29.0 Å². The maximum Gasteiger partial charge on any atom is 0.312 e. The van der Waals surface area contributed by atoms with Gasteiger partial charge in [0.1, 0.15) is 11.5 Å². The van der Waals surface area contributed by atoms with Crippen LogP contribution < -0.4 is 0 Å². The van der Waals surface area contributed by atoms with Crippen molar-refractivity contribution >= 4 is 5.97 Å². The summed E-state index contributed by atoms with van der Waals surface area (Å²) in [5.41, 5.74) is 3.61. The van der Waals surface area contributed by atoms with Crippen molar-refractivity contribution in [1.82, 2.24) is 19.6 Å². The van der Waals surface area contributed by atoms with Crippen molar-refractivity contribution in [2.24, 2.45) is 5.41 Å². The molecule has 0 spiro atoms. The van der Waals surface area contributed by atoms with E-state index in [1.807, 2.05) is 37.6 Å². The number of carbonyl (C=O) groups is 1. The lowest BCUT2D eigenvalue weighted by atomic mass is 9.75. The maximum absolute atomic E-state index is 13.1. The van der Waals surface area contributed by atoms with Crippen LogP contribution in [0.4, 0.5) is 0 Å². The summed E-state index contributed by atoms with van der Waals surface area (Å²) < 4.78 is 13.3. The first-order valence-corrected chi connectivity index (χ1v) is 11.4. The molecular weight excluding hydrogens is 404 g/mol. The Hall–Kier alpha value is -2.93. The number of likely N-dealkylation sites (tertiary alicyclic amines) is 1. The summed E-state index contributed by atoms with van der Waals surface area (Å²) in [7, 11) is 0. The Morgan fingerprint density at radius 2 is 2.03 bits per heavy atom. The number of rotatable bonds is 8. The largest absolute Gasteiger partial charge is 0.466 e. The highest BCUT2D eigenvalue weighted by molar-refractivity contribution is 5.77. The molecule has 1 aliphatic heterocycles. The zero-order valence-electron chi connectivity index (χ0n) is 19.2. The molecule has 1 saturated heterocycles. The molecule has 7 nitrogen and oxygen atoms in total. The van der Waals surface area contributed by atoms with Crippen LogP contribution in [0.15, 0.2) is 47.4 Å². The number of piperidine rings is 1. The minimum Gasteiger partial charge on any atom is -0.466 e. The molecule has 3 heterocycles. The first kappa shape index (κ1) is 22.3. The van der Waals surface area contributed by atoms with Crippen molar-refractivity contribution in [1.29, 1.82) is 0 Å². The average molecular weight is 437 g/mol. The minimum absolute atomic E-state index is 0.133. The third kappa shape index (κ3) is 4.78. The predicted molar refractivity (Wildman–Crippen MR) is 122 cm³/mol. The van der Waals surface area contributed by atoms with Gasteiger partial charge >= 0.3 is 5.97 Å². The second-order valence-electron chi connectivity index (χ2n) is 8.67. The number of nitrogens with zero attached hydrogens (tertiary/aromatic N) is 4. The van der Waals surface area contributed by atoms with E-state index in [1.165, 1.54) is 11.3 Å². The van der Waals surface area contributed by atoms with Gasteiger partial charge < -0.3 is 13.8 Å². The molecule has 0 atom stereocenters. The number of ether oxygens (including phenoxy) is 1. The Kier molecular flexibility index (Phi) is 6.74. The molecule has 2 aromatic heterocycles. The van der Waals surface area contributed by atoms with Crippen LogP contribution in [0.3, 0.4) is 0 Å². The fourth-order valence-electron chi connectivity index (χ4n) is 4.54. The number of aromatic nitrogens is 3. The molecule has 0 amide bonds. The molecule has 3 aromatic rings. The molecule has 1 aliphatic rings. The quantitative estimate of drug-likeness (QED) is 0.492. The molecule has 0 N–H and O–H groups in total. The molecule has 1 aromatic carbocycles. The molecule has 1 fully saturated rings. The zero-order chi connectivity index (χ0) is 22.6. The van der Waals surface area contributed by atoms with Crippen molar-refractivity contribution in [2.45, 2.75) is 53.1 Å². The smallest absolute Gasteiger partial charge is 0.312 e. The lowest BCUT2D eigenvalue weighted by Gasteiger charge is -2.39. The van der Waals surface area contributed by atoms with E-state index in [0.717, 1.165) is 56.0 Å². The Balaban J connectivity index is 1.48. The highest BCUT2D eigenvalue weighted by atomic mass is 16.5. The molecule has 0 radical (unpaired) electrons. The molecule has 0 unspecified atom stereocenters. The van der Waals surface area contributed by atoms with Crippen molar-refractivity contribution in [3.63, 3.8) is 0 Å². The summed E-state index contributed by atoms with van der Waals surface area (Å²) in [6.07, 6.45) is 5.76. The van der Waals surface area contributed by atoms with E-state index in [1.54, 1.807) is 0 Å². The van der Waals surface area contributed by atoms with Gasteiger partial charge in [-0.2, -0.15) is 0 Å². The standard InChI is InChI=1S/C25H32N4O3/c1-4-29-18-26-16-21(29)17-28-11-9-25(10-12-28,24(30)31-5-2)15-22-14-23(27-32-22)20-8-6-7-19(3)13-20/h6-8,13-14,16,18H,4-5,9-12,15,17H2,1-3H3. The second-order valence-corrected chi connectivity index (χ2v) is 8.67. The SMILES string of the molecule is CCOC(=O)C1(Cc2cc(-c3cccc(C)c3)no2)CCN(Cc2cncn2CC)CC1. The predicted octanol–water partition coefficient (Wildman–Crippen LogP) is 4.25. The van der Waals surface area contributed by atoms with Gasteiger partial charge in [-0.3, -0.25) is 9.69 Å². The van der Waals surface area contributed by atoms with Crippen LogP contribution in [0, 0.1) is 12.3 Å². The zero-order valence-corrected chi connectivity index (χ0v) is 19.2. The van der Waals surface area contributed by atoms with Gasteiger partial charge in [-0.05, 0) is 52.8 Å². The number of hydrogen-bond acceptors (Lipinski definition) is 6. The van der Waals surface area contributed by atoms with E-state index in [9.17, 15) is 4.79 Å². The lowest BCUT2D eigenvalue weighted by molar-refractivity contribution is -0.159.